The number of rotatable bonds is 5. The normalized spacial score (nSPS) is 19.2. The number of carbonyl (C=O) groups is 1. The smallest absolute Gasteiger partial charge is 0.319 e. The van der Waals surface area contributed by atoms with Gasteiger partial charge >= 0.3 is 6.03 Å². The average molecular weight is 263 g/mol. The predicted molar refractivity (Wildman–Crippen MR) is 61.8 cm³/mol. The third kappa shape index (κ3) is 2.87. The number of urea groups is 1. The molecule has 1 atom stereocenters. The van der Waals surface area contributed by atoms with Crippen molar-refractivity contribution in [3.05, 3.63) is 0 Å². The Balaban J connectivity index is 2.39. The van der Waals surface area contributed by atoms with Crippen LogP contribution >= 0.6 is 15.9 Å². The molecular weight excluding hydrogens is 244 g/mol. The van der Waals surface area contributed by atoms with Gasteiger partial charge in [-0.1, -0.05) is 29.3 Å². The fourth-order valence-corrected chi connectivity index (χ4v) is 2.34. The van der Waals surface area contributed by atoms with Crippen LogP contribution in [0, 0.1) is 5.92 Å². The highest BCUT2D eigenvalue weighted by Gasteiger charge is 2.26. The summed E-state index contributed by atoms with van der Waals surface area (Å²) in [5.41, 5.74) is 0. The van der Waals surface area contributed by atoms with Gasteiger partial charge in [0.15, 0.2) is 0 Å². The minimum Gasteiger partial charge on any atom is -0.326 e. The molecule has 1 rings (SSSR count). The minimum atomic E-state index is 0.187. The Morgan fingerprint density at radius 3 is 2.64 bits per heavy atom. The molecule has 1 aliphatic heterocycles. The second-order valence-corrected chi connectivity index (χ2v) is 4.61. The monoisotopic (exact) mass is 262 g/mol. The summed E-state index contributed by atoms with van der Waals surface area (Å²) in [7, 11) is 1.87. The van der Waals surface area contributed by atoms with Crippen molar-refractivity contribution in [3.63, 3.8) is 0 Å². The van der Waals surface area contributed by atoms with E-state index in [-0.39, 0.29) is 6.03 Å². The summed E-state index contributed by atoms with van der Waals surface area (Å²) in [5, 5.41) is 0.994. The van der Waals surface area contributed by atoms with Gasteiger partial charge in [-0.25, -0.2) is 4.79 Å². The lowest BCUT2D eigenvalue weighted by molar-refractivity contribution is 0.192. The van der Waals surface area contributed by atoms with Gasteiger partial charge in [-0.2, -0.15) is 0 Å². The summed E-state index contributed by atoms with van der Waals surface area (Å²) >= 11 is 3.51. The number of likely N-dealkylation sites (N-methyl/N-ethyl adjacent to an activating group) is 1. The van der Waals surface area contributed by atoms with Crippen LogP contribution in [0.5, 0.6) is 0 Å². The van der Waals surface area contributed by atoms with E-state index >= 15 is 0 Å². The first kappa shape index (κ1) is 11.8. The van der Waals surface area contributed by atoms with Gasteiger partial charge in [0, 0.05) is 32.0 Å². The van der Waals surface area contributed by atoms with Gasteiger partial charge in [0.05, 0.1) is 0 Å². The highest BCUT2D eigenvalue weighted by Crippen LogP contribution is 2.15. The number of hydrogen-bond donors (Lipinski definition) is 0. The summed E-state index contributed by atoms with van der Waals surface area (Å²) in [4.78, 5) is 15.3. The molecular formula is C10H19BrN2O. The Labute approximate surface area is 94.6 Å². The molecule has 0 aromatic carbocycles. The average Bonchev–Trinajstić information content (AvgIpc) is 2.49. The lowest BCUT2D eigenvalue weighted by atomic mass is 10.1. The maximum Gasteiger partial charge on any atom is 0.319 e. The first-order valence-corrected chi connectivity index (χ1v) is 6.37. The molecule has 1 unspecified atom stereocenters. The molecule has 0 aromatic rings. The van der Waals surface area contributed by atoms with E-state index in [1.165, 1.54) is 12.8 Å². The van der Waals surface area contributed by atoms with Crippen molar-refractivity contribution in [2.75, 3.05) is 32.0 Å². The van der Waals surface area contributed by atoms with Crippen LogP contribution in [0.1, 0.15) is 19.8 Å². The van der Waals surface area contributed by atoms with Crippen molar-refractivity contribution in [3.8, 4) is 0 Å². The van der Waals surface area contributed by atoms with Crippen molar-refractivity contribution in [2.24, 2.45) is 5.92 Å². The van der Waals surface area contributed by atoms with Crippen LogP contribution in [0.4, 0.5) is 4.79 Å². The standard InChI is InChI=1S/C10H19BrN2O/c1-3-4-9(7-11)8-13-6-5-12(2)10(13)14/h9H,3-8H2,1-2H3. The van der Waals surface area contributed by atoms with Gasteiger partial charge in [-0.3, -0.25) is 0 Å². The number of amides is 2. The summed E-state index contributed by atoms with van der Waals surface area (Å²) in [6.07, 6.45) is 2.38. The molecule has 0 radical (unpaired) electrons. The van der Waals surface area contributed by atoms with Crippen LogP contribution in [0.2, 0.25) is 0 Å². The Morgan fingerprint density at radius 1 is 1.50 bits per heavy atom. The molecule has 1 fully saturated rings. The molecule has 4 heteroatoms. The zero-order chi connectivity index (χ0) is 10.6. The van der Waals surface area contributed by atoms with Crippen molar-refractivity contribution < 1.29 is 4.79 Å². The zero-order valence-electron chi connectivity index (χ0n) is 9.00. The first-order valence-electron chi connectivity index (χ1n) is 5.25. The van der Waals surface area contributed by atoms with Crippen LogP contribution in [0.15, 0.2) is 0 Å². The van der Waals surface area contributed by atoms with E-state index in [4.69, 9.17) is 0 Å². The second kappa shape index (κ2) is 5.59. The molecule has 0 N–H and O–H groups in total. The Kier molecular flexibility index (Phi) is 4.72. The quantitative estimate of drug-likeness (QED) is 0.697. The molecule has 0 aromatic heterocycles. The lowest BCUT2D eigenvalue weighted by Crippen LogP contribution is -2.34. The fraction of sp³-hybridized carbons (Fsp3) is 0.900. The van der Waals surface area contributed by atoms with Crippen LogP contribution in [0.3, 0.4) is 0 Å². The Hall–Kier alpha value is -0.250. The highest BCUT2D eigenvalue weighted by atomic mass is 79.9. The second-order valence-electron chi connectivity index (χ2n) is 3.96. The first-order chi connectivity index (χ1) is 6.69. The molecule has 1 heterocycles. The lowest BCUT2D eigenvalue weighted by Gasteiger charge is -2.21. The zero-order valence-corrected chi connectivity index (χ0v) is 10.6. The van der Waals surface area contributed by atoms with E-state index in [2.05, 4.69) is 22.9 Å². The third-order valence-corrected chi connectivity index (χ3v) is 3.61. The van der Waals surface area contributed by atoms with Crippen molar-refractivity contribution in [2.45, 2.75) is 19.8 Å². The molecule has 0 spiro atoms. The molecule has 0 bridgehead atoms. The van der Waals surface area contributed by atoms with Crippen LogP contribution in [-0.2, 0) is 0 Å². The molecule has 1 aliphatic rings. The molecule has 0 saturated carbocycles. The van der Waals surface area contributed by atoms with Gasteiger partial charge in [0.2, 0.25) is 0 Å². The van der Waals surface area contributed by atoms with Gasteiger partial charge < -0.3 is 9.80 Å². The topological polar surface area (TPSA) is 23.6 Å². The molecule has 82 valence electrons. The minimum absolute atomic E-state index is 0.187. The van der Waals surface area contributed by atoms with E-state index in [1.807, 2.05) is 11.9 Å². The van der Waals surface area contributed by atoms with Gasteiger partial charge in [-0.15, -0.1) is 0 Å². The number of halogens is 1. The predicted octanol–water partition coefficient (Wildman–Crippen LogP) is 2.17. The Bertz CT molecular complexity index is 199. The van der Waals surface area contributed by atoms with Gasteiger partial charge in [-0.05, 0) is 12.3 Å². The largest absolute Gasteiger partial charge is 0.326 e. The van der Waals surface area contributed by atoms with Crippen LogP contribution in [-0.4, -0.2) is 47.8 Å². The molecule has 14 heavy (non-hydrogen) atoms. The molecule has 1 saturated heterocycles. The maximum atomic E-state index is 11.6. The Morgan fingerprint density at radius 2 is 2.21 bits per heavy atom. The van der Waals surface area contributed by atoms with Gasteiger partial charge in [0.25, 0.3) is 0 Å². The van der Waals surface area contributed by atoms with Gasteiger partial charge in [0.1, 0.15) is 0 Å². The summed E-state index contributed by atoms with van der Waals surface area (Å²) in [6.45, 7) is 4.86. The molecule has 3 nitrogen and oxygen atoms in total. The SMILES string of the molecule is CCCC(CBr)CN1CCN(C)C1=O. The van der Waals surface area contributed by atoms with Crippen LogP contribution in [0.25, 0.3) is 0 Å². The maximum absolute atomic E-state index is 11.6. The van der Waals surface area contributed by atoms with E-state index in [0.29, 0.717) is 5.92 Å². The molecule has 0 aliphatic carbocycles. The number of alkyl halides is 1. The van der Waals surface area contributed by atoms with E-state index in [0.717, 1.165) is 25.0 Å². The summed E-state index contributed by atoms with van der Waals surface area (Å²) in [5.74, 6) is 0.607. The van der Waals surface area contributed by atoms with Crippen molar-refractivity contribution in [1.29, 1.82) is 0 Å². The summed E-state index contributed by atoms with van der Waals surface area (Å²) in [6, 6.07) is 0.187. The van der Waals surface area contributed by atoms with E-state index in [1.54, 1.807) is 4.90 Å². The molecule has 2 amide bonds. The highest BCUT2D eigenvalue weighted by molar-refractivity contribution is 9.09. The van der Waals surface area contributed by atoms with Crippen LogP contribution < -0.4 is 0 Å². The van der Waals surface area contributed by atoms with E-state index < -0.39 is 0 Å². The van der Waals surface area contributed by atoms with Crippen molar-refractivity contribution in [1.82, 2.24) is 9.80 Å². The number of hydrogen-bond acceptors (Lipinski definition) is 1. The van der Waals surface area contributed by atoms with E-state index in [9.17, 15) is 4.79 Å². The summed E-state index contributed by atoms with van der Waals surface area (Å²) < 4.78 is 0. The number of carbonyl (C=O) groups excluding carboxylic acids is 1. The van der Waals surface area contributed by atoms with Crippen molar-refractivity contribution >= 4 is 22.0 Å². The number of nitrogens with zero attached hydrogens (tertiary/aromatic N) is 2. The third-order valence-electron chi connectivity index (χ3n) is 2.70. The fourth-order valence-electron chi connectivity index (χ4n) is 1.81.